The Hall–Kier alpha value is -4.12. The van der Waals surface area contributed by atoms with Crippen LogP contribution < -0.4 is 15.4 Å². The molecule has 4 rings (SSSR count). The third-order valence-electron chi connectivity index (χ3n) is 5.79. The van der Waals surface area contributed by atoms with Crippen molar-refractivity contribution in [1.82, 2.24) is 25.2 Å². The number of carbonyl (C=O) groups is 1. The number of anilines is 1. The molecule has 1 aromatic carbocycles. The van der Waals surface area contributed by atoms with Crippen LogP contribution in [0.3, 0.4) is 0 Å². The number of hydrogen-bond donors (Lipinski definition) is 3. The molecule has 0 atom stereocenters. The summed E-state index contributed by atoms with van der Waals surface area (Å²) in [5.74, 6) is -2.11. The summed E-state index contributed by atoms with van der Waals surface area (Å²) >= 11 is 0. The van der Waals surface area contributed by atoms with Crippen molar-refractivity contribution in [3.8, 4) is 11.6 Å². The third-order valence-corrected chi connectivity index (χ3v) is 5.79. The van der Waals surface area contributed by atoms with Crippen molar-refractivity contribution in [1.29, 1.82) is 0 Å². The van der Waals surface area contributed by atoms with Crippen molar-refractivity contribution < 1.29 is 18.3 Å². The Balaban J connectivity index is 1.65. The highest BCUT2D eigenvalue weighted by molar-refractivity contribution is 6.01. The van der Waals surface area contributed by atoms with Gasteiger partial charge in [0.25, 0.3) is 0 Å². The van der Waals surface area contributed by atoms with Crippen molar-refractivity contribution in [2.45, 2.75) is 20.8 Å². The molecular formula is C25H27F2N7O2. The van der Waals surface area contributed by atoms with E-state index >= 15 is 4.39 Å². The van der Waals surface area contributed by atoms with Gasteiger partial charge in [-0.15, -0.1) is 0 Å². The highest BCUT2D eigenvalue weighted by Gasteiger charge is 2.22. The van der Waals surface area contributed by atoms with Crippen LogP contribution in [-0.2, 0) is 0 Å². The van der Waals surface area contributed by atoms with Crippen molar-refractivity contribution in [3.63, 3.8) is 0 Å². The van der Waals surface area contributed by atoms with Crippen LogP contribution in [0.5, 0.6) is 11.6 Å². The van der Waals surface area contributed by atoms with Crippen LogP contribution in [-0.4, -0.2) is 58.5 Å². The Morgan fingerprint density at radius 2 is 1.97 bits per heavy atom. The molecule has 1 saturated heterocycles. The molecule has 11 heteroatoms. The van der Waals surface area contributed by atoms with Gasteiger partial charge in [0.1, 0.15) is 23.5 Å². The molecule has 9 nitrogen and oxygen atoms in total. The average molecular weight is 496 g/mol. The summed E-state index contributed by atoms with van der Waals surface area (Å²) in [5.41, 5.74) is 1.63. The zero-order chi connectivity index (χ0) is 25.8. The summed E-state index contributed by atoms with van der Waals surface area (Å²) in [5, 5.41) is 6.29. The molecular weight excluding hydrogens is 468 g/mol. The molecule has 1 aliphatic rings. The Morgan fingerprint density at radius 1 is 1.22 bits per heavy atom. The van der Waals surface area contributed by atoms with E-state index in [1.165, 1.54) is 13.0 Å². The number of aliphatic imine (C=N–C) groups is 1. The first-order valence-electron chi connectivity index (χ1n) is 11.4. The van der Waals surface area contributed by atoms with Crippen LogP contribution in [0.4, 0.5) is 14.6 Å². The Bertz CT molecular complexity index is 1370. The molecule has 2 aromatic heterocycles. The van der Waals surface area contributed by atoms with Crippen molar-refractivity contribution >= 4 is 29.2 Å². The van der Waals surface area contributed by atoms with Crippen LogP contribution in [0, 0.1) is 18.6 Å². The number of rotatable bonds is 8. The molecule has 0 bridgehead atoms. The first kappa shape index (κ1) is 25.0. The normalized spacial score (nSPS) is 14.8. The number of nitrogens with zero attached hydrogens (tertiary/aromatic N) is 4. The van der Waals surface area contributed by atoms with Crippen molar-refractivity contribution in [3.05, 3.63) is 65.0 Å². The van der Waals surface area contributed by atoms with E-state index < -0.39 is 23.2 Å². The maximum absolute atomic E-state index is 15.1. The number of halogens is 2. The summed E-state index contributed by atoms with van der Waals surface area (Å²) in [6, 6.07) is 2.38. The van der Waals surface area contributed by atoms with E-state index in [4.69, 9.17) is 4.74 Å². The topological polar surface area (TPSA) is 108 Å². The van der Waals surface area contributed by atoms with E-state index in [0.29, 0.717) is 11.5 Å². The third kappa shape index (κ3) is 5.25. The van der Waals surface area contributed by atoms with Crippen molar-refractivity contribution in [2.75, 3.05) is 31.5 Å². The molecule has 3 N–H and O–H groups in total. The zero-order valence-electron chi connectivity index (χ0n) is 20.3. The highest BCUT2D eigenvalue weighted by Crippen LogP contribution is 2.34. The maximum Gasteiger partial charge on any atom is 0.235 e. The summed E-state index contributed by atoms with van der Waals surface area (Å²) in [7, 11) is 0. The number of aromatic amines is 1. The number of H-pyrrole nitrogens is 1. The number of benzene rings is 1. The Morgan fingerprint density at radius 3 is 2.67 bits per heavy atom. The molecule has 36 heavy (non-hydrogen) atoms. The van der Waals surface area contributed by atoms with E-state index in [9.17, 15) is 9.18 Å². The Labute approximate surface area is 207 Å². The minimum Gasteiger partial charge on any atom is -0.435 e. The van der Waals surface area contributed by atoms with E-state index in [2.05, 4.69) is 42.2 Å². The smallest absolute Gasteiger partial charge is 0.235 e. The molecule has 0 radical (unpaired) electrons. The molecule has 0 saturated carbocycles. The molecule has 1 aliphatic heterocycles. The second-order valence-corrected chi connectivity index (χ2v) is 8.35. The van der Waals surface area contributed by atoms with Gasteiger partial charge in [0, 0.05) is 49.0 Å². The average Bonchev–Trinajstić information content (AvgIpc) is 3.27. The van der Waals surface area contributed by atoms with Crippen LogP contribution >= 0.6 is 0 Å². The fourth-order valence-corrected chi connectivity index (χ4v) is 3.95. The van der Waals surface area contributed by atoms with Gasteiger partial charge in [-0.3, -0.25) is 4.79 Å². The van der Waals surface area contributed by atoms with Gasteiger partial charge in [0.2, 0.25) is 5.88 Å². The molecule has 1 fully saturated rings. The largest absolute Gasteiger partial charge is 0.435 e. The van der Waals surface area contributed by atoms with Gasteiger partial charge >= 0.3 is 0 Å². The number of hydrogen-bond acceptors (Lipinski definition) is 8. The maximum atomic E-state index is 15.1. The minimum absolute atomic E-state index is 0.0326. The van der Waals surface area contributed by atoms with E-state index in [1.807, 2.05) is 13.0 Å². The number of Topliss-reactive ketones (excluding diaryl/α,β-unsaturated/α-hetero) is 1. The quantitative estimate of drug-likeness (QED) is 0.243. The van der Waals surface area contributed by atoms with Gasteiger partial charge in [0.15, 0.2) is 23.2 Å². The first-order valence-corrected chi connectivity index (χ1v) is 11.4. The SMILES string of the molecule is C=N/C(=C\C=C(/C)N1CCNCC1)Nc1ncnc(Oc2cc(F)c3[nH]c(C)cc3c2F)c1C(C)=O. The summed E-state index contributed by atoms with van der Waals surface area (Å²) in [6.07, 6.45) is 4.76. The number of aryl methyl sites for hydroxylation is 1. The lowest BCUT2D eigenvalue weighted by atomic mass is 10.2. The van der Waals surface area contributed by atoms with Crippen molar-refractivity contribution in [2.24, 2.45) is 4.99 Å². The van der Waals surface area contributed by atoms with Gasteiger partial charge in [-0.2, -0.15) is 0 Å². The molecule has 0 aliphatic carbocycles. The van der Waals surface area contributed by atoms with E-state index in [1.54, 1.807) is 13.0 Å². The van der Waals surface area contributed by atoms with E-state index in [0.717, 1.165) is 44.3 Å². The predicted molar refractivity (Wildman–Crippen MR) is 135 cm³/mol. The fraction of sp³-hybridized carbons (Fsp3) is 0.280. The number of piperazine rings is 1. The first-order chi connectivity index (χ1) is 17.3. The lowest BCUT2D eigenvalue weighted by Gasteiger charge is -2.29. The van der Waals surface area contributed by atoms with Gasteiger partial charge in [-0.05, 0) is 45.7 Å². The van der Waals surface area contributed by atoms with Gasteiger partial charge in [-0.25, -0.2) is 23.7 Å². The van der Waals surface area contributed by atoms with Crippen LogP contribution in [0.15, 0.2) is 47.1 Å². The van der Waals surface area contributed by atoms with E-state index in [-0.39, 0.29) is 28.2 Å². The molecule has 188 valence electrons. The number of carbonyl (C=O) groups excluding carboxylic acids is 1. The molecule has 0 spiro atoms. The second kappa shape index (κ2) is 10.6. The Kier molecular flexibility index (Phi) is 7.39. The number of aromatic nitrogens is 3. The van der Waals surface area contributed by atoms with Crippen LogP contribution in [0.2, 0.25) is 0 Å². The predicted octanol–water partition coefficient (Wildman–Crippen LogP) is 4.30. The van der Waals surface area contributed by atoms with Gasteiger partial charge in [0.05, 0.1) is 5.52 Å². The summed E-state index contributed by atoms with van der Waals surface area (Å²) < 4.78 is 35.2. The minimum atomic E-state index is -0.778. The number of nitrogens with one attached hydrogen (secondary N) is 3. The van der Waals surface area contributed by atoms with Gasteiger partial charge < -0.3 is 25.3 Å². The number of ether oxygens (including phenoxy) is 1. The molecule has 0 amide bonds. The summed E-state index contributed by atoms with van der Waals surface area (Å²) in [6.45, 7) is 12.2. The molecule has 3 aromatic rings. The lowest BCUT2D eigenvalue weighted by Crippen LogP contribution is -2.42. The summed E-state index contributed by atoms with van der Waals surface area (Å²) in [4.78, 5) is 29.6. The number of allylic oxidation sites excluding steroid dienone is 3. The van der Waals surface area contributed by atoms with Crippen LogP contribution in [0.25, 0.3) is 10.9 Å². The molecule has 0 unspecified atom stereocenters. The van der Waals surface area contributed by atoms with Gasteiger partial charge in [-0.1, -0.05) is 0 Å². The zero-order valence-corrected chi connectivity index (χ0v) is 20.3. The number of ketones is 1. The monoisotopic (exact) mass is 495 g/mol. The molecule has 3 heterocycles. The van der Waals surface area contributed by atoms with Crippen LogP contribution in [0.1, 0.15) is 29.9 Å². The lowest BCUT2D eigenvalue weighted by molar-refractivity contribution is 0.101. The second-order valence-electron chi connectivity index (χ2n) is 8.35. The highest BCUT2D eigenvalue weighted by atomic mass is 19.1. The standard InChI is InChI=1S/C25H27F2N7O2/c1-14-11-17-22(27)19(12-18(26)23(17)32-14)36-25-21(16(3)35)24(30-13-31-25)33-20(28-4)6-5-15(2)34-9-7-29-8-10-34/h5-6,11-13,29,32H,4,7-10H2,1-3H3,(H,30,31,33)/b15-5+,20-6+. The number of fused-ring (bicyclic) bond motifs is 1. The fourth-order valence-electron chi connectivity index (χ4n) is 3.95.